The van der Waals surface area contributed by atoms with E-state index in [-0.39, 0.29) is 17.5 Å². The van der Waals surface area contributed by atoms with Gasteiger partial charge in [-0.15, -0.1) is 11.3 Å². The third kappa shape index (κ3) is 4.08. The summed E-state index contributed by atoms with van der Waals surface area (Å²) in [5.74, 6) is -0.218. The Bertz CT molecular complexity index is 1580. The van der Waals surface area contributed by atoms with Crippen LogP contribution < -0.4 is 11.2 Å². The summed E-state index contributed by atoms with van der Waals surface area (Å²) in [5.41, 5.74) is 2.89. The molecule has 0 fully saturated rings. The van der Waals surface area contributed by atoms with Gasteiger partial charge in [0, 0.05) is 14.1 Å². The maximum atomic E-state index is 13.8. The normalized spacial score (nSPS) is 11.3. The maximum Gasteiger partial charge on any atom is 0.337 e. The molecule has 9 heteroatoms. The molecule has 0 N–H and O–H groups in total. The molecule has 0 saturated carbocycles. The van der Waals surface area contributed by atoms with Crippen molar-refractivity contribution in [3.8, 4) is 5.69 Å². The van der Waals surface area contributed by atoms with E-state index >= 15 is 0 Å². The molecule has 0 aliphatic rings. The van der Waals surface area contributed by atoms with Crippen molar-refractivity contribution in [2.75, 3.05) is 14.1 Å². The monoisotopic (exact) mass is 515 g/mol. The van der Waals surface area contributed by atoms with Crippen molar-refractivity contribution in [2.45, 2.75) is 27.3 Å². The average molecular weight is 516 g/mol. The Hall–Kier alpha value is -2.87. The number of benzene rings is 2. The number of hydrogen-bond donors (Lipinski definition) is 0. The molecule has 4 aromatic rings. The van der Waals surface area contributed by atoms with Gasteiger partial charge >= 0.3 is 5.69 Å². The summed E-state index contributed by atoms with van der Waals surface area (Å²) in [5, 5.41) is 0.893. The predicted octanol–water partition coefficient (Wildman–Crippen LogP) is 5.20. The molecular formula is C25H23Cl2N3O3S. The molecular weight excluding hydrogens is 493 g/mol. The van der Waals surface area contributed by atoms with E-state index < -0.39 is 11.2 Å². The Labute approximate surface area is 210 Å². The molecule has 176 valence electrons. The van der Waals surface area contributed by atoms with Crippen LogP contribution in [0.3, 0.4) is 0 Å². The minimum atomic E-state index is -0.512. The Morgan fingerprint density at radius 3 is 2.35 bits per heavy atom. The first kappa shape index (κ1) is 24.3. The highest BCUT2D eigenvalue weighted by Crippen LogP contribution is 2.30. The van der Waals surface area contributed by atoms with Crippen LogP contribution in [0, 0.1) is 20.8 Å². The number of thiophene rings is 1. The van der Waals surface area contributed by atoms with Gasteiger partial charge in [-0.3, -0.25) is 14.2 Å². The van der Waals surface area contributed by atoms with Gasteiger partial charge in [0.2, 0.25) is 0 Å². The van der Waals surface area contributed by atoms with E-state index in [1.54, 1.807) is 37.7 Å². The van der Waals surface area contributed by atoms with E-state index in [0.29, 0.717) is 31.4 Å². The largest absolute Gasteiger partial charge is 0.344 e. The van der Waals surface area contributed by atoms with Gasteiger partial charge in [-0.1, -0.05) is 47.0 Å². The second kappa shape index (κ2) is 9.06. The number of nitrogens with zero attached hydrogens (tertiary/aromatic N) is 3. The van der Waals surface area contributed by atoms with E-state index in [4.69, 9.17) is 23.2 Å². The molecule has 6 nitrogen and oxygen atoms in total. The SMILES string of the molecule is Cc1ccc(C)c(Cn2c(=O)n(-c3ccc(Cl)c(Cl)c3)c(=O)c3c(C)c(C(=O)N(C)C)sc32)c1. The van der Waals surface area contributed by atoms with E-state index in [1.807, 2.05) is 32.0 Å². The average Bonchev–Trinajstić information content (AvgIpc) is 3.12. The summed E-state index contributed by atoms with van der Waals surface area (Å²) in [6.45, 7) is 5.95. The number of aromatic nitrogens is 2. The summed E-state index contributed by atoms with van der Waals surface area (Å²) in [4.78, 5) is 42.6. The molecule has 2 aromatic carbocycles. The summed E-state index contributed by atoms with van der Waals surface area (Å²) in [7, 11) is 3.31. The summed E-state index contributed by atoms with van der Waals surface area (Å²) >= 11 is 13.4. The second-order valence-electron chi connectivity index (χ2n) is 8.47. The quantitative estimate of drug-likeness (QED) is 0.375. The molecule has 4 rings (SSSR count). The van der Waals surface area contributed by atoms with E-state index in [1.165, 1.54) is 22.3 Å². The van der Waals surface area contributed by atoms with Crippen LogP contribution in [0.4, 0.5) is 0 Å². The molecule has 2 aromatic heterocycles. The minimum absolute atomic E-state index is 0.218. The molecule has 0 aliphatic carbocycles. The van der Waals surface area contributed by atoms with Crippen molar-refractivity contribution in [1.29, 1.82) is 0 Å². The first-order chi connectivity index (χ1) is 16.0. The Morgan fingerprint density at radius 2 is 1.71 bits per heavy atom. The first-order valence-electron chi connectivity index (χ1n) is 10.5. The number of fused-ring (bicyclic) bond motifs is 1. The Balaban J connectivity index is 2.11. The van der Waals surface area contributed by atoms with Crippen LogP contribution in [-0.2, 0) is 6.54 Å². The first-order valence-corrected chi connectivity index (χ1v) is 12.1. The number of rotatable bonds is 4. The molecule has 0 atom stereocenters. The van der Waals surface area contributed by atoms with Crippen LogP contribution >= 0.6 is 34.5 Å². The van der Waals surface area contributed by atoms with Gasteiger partial charge in [-0.05, 0) is 55.7 Å². The maximum absolute atomic E-state index is 13.8. The highest BCUT2D eigenvalue weighted by atomic mass is 35.5. The third-order valence-electron chi connectivity index (χ3n) is 5.81. The fraction of sp³-hybridized carbons (Fsp3) is 0.240. The Morgan fingerprint density at radius 1 is 1.00 bits per heavy atom. The van der Waals surface area contributed by atoms with Gasteiger partial charge in [0.1, 0.15) is 4.83 Å². The molecule has 2 heterocycles. The van der Waals surface area contributed by atoms with Crippen molar-refractivity contribution in [1.82, 2.24) is 14.0 Å². The van der Waals surface area contributed by atoms with Crippen molar-refractivity contribution in [3.05, 3.63) is 94.4 Å². The van der Waals surface area contributed by atoms with Crippen LogP contribution in [0.2, 0.25) is 10.0 Å². The lowest BCUT2D eigenvalue weighted by Crippen LogP contribution is -2.39. The standard InChI is InChI=1S/C25H23Cl2N3O3S/c1-13-6-7-14(2)16(10-13)12-29-24-20(15(3)21(34-24)23(32)28(4)5)22(31)30(25(29)33)17-8-9-18(26)19(27)11-17/h6-11H,12H2,1-5H3. The molecule has 0 saturated heterocycles. The van der Waals surface area contributed by atoms with Gasteiger partial charge in [0.25, 0.3) is 11.5 Å². The topological polar surface area (TPSA) is 64.3 Å². The molecule has 0 radical (unpaired) electrons. The van der Waals surface area contributed by atoms with Gasteiger partial charge in [-0.2, -0.15) is 0 Å². The van der Waals surface area contributed by atoms with Gasteiger partial charge in [0.05, 0.1) is 32.5 Å². The zero-order chi connectivity index (χ0) is 24.9. The molecule has 0 aliphatic heterocycles. The van der Waals surface area contributed by atoms with E-state index in [0.717, 1.165) is 21.3 Å². The van der Waals surface area contributed by atoms with Crippen LogP contribution in [-0.4, -0.2) is 34.0 Å². The number of aryl methyl sites for hydroxylation is 3. The minimum Gasteiger partial charge on any atom is -0.344 e. The lowest BCUT2D eigenvalue weighted by Gasteiger charge is -2.14. The van der Waals surface area contributed by atoms with Crippen molar-refractivity contribution < 1.29 is 4.79 Å². The van der Waals surface area contributed by atoms with Crippen molar-refractivity contribution >= 4 is 50.7 Å². The van der Waals surface area contributed by atoms with Gasteiger partial charge < -0.3 is 4.90 Å². The zero-order valence-corrected chi connectivity index (χ0v) is 21.7. The summed E-state index contributed by atoms with van der Waals surface area (Å²) in [6.07, 6.45) is 0. The van der Waals surface area contributed by atoms with E-state index in [2.05, 4.69) is 0 Å². The number of halogens is 2. The van der Waals surface area contributed by atoms with Crippen LogP contribution in [0.1, 0.15) is 31.9 Å². The van der Waals surface area contributed by atoms with Crippen LogP contribution in [0.15, 0.2) is 46.0 Å². The summed E-state index contributed by atoms with van der Waals surface area (Å²) in [6, 6.07) is 10.7. The molecule has 0 spiro atoms. The number of amides is 1. The zero-order valence-electron chi connectivity index (χ0n) is 19.4. The van der Waals surface area contributed by atoms with Crippen molar-refractivity contribution in [2.24, 2.45) is 0 Å². The second-order valence-corrected chi connectivity index (χ2v) is 10.3. The predicted molar refractivity (Wildman–Crippen MR) is 139 cm³/mol. The van der Waals surface area contributed by atoms with Crippen molar-refractivity contribution in [3.63, 3.8) is 0 Å². The van der Waals surface area contributed by atoms with Gasteiger partial charge in [-0.25, -0.2) is 9.36 Å². The molecule has 0 unspecified atom stereocenters. The number of carbonyl (C=O) groups excluding carboxylic acids is 1. The van der Waals surface area contributed by atoms with Crippen LogP contribution in [0.5, 0.6) is 0 Å². The summed E-state index contributed by atoms with van der Waals surface area (Å²) < 4.78 is 2.66. The highest BCUT2D eigenvalue weighted by molar-refractivity contribution is 7.20. The fourth-order valence-corrected chi connectivity index (χ4v) is 5.49. The lowest BCUT2D eigenvalue weighted by molar-refractivity contribution is 0.0831. The van der Waals surface area contributed by atoms with Gasteiger partial charge in [0.15, 0.2) is 0 Å². The number of carbonyl (C=O) groups is 1. The lowest BCUT2D eigenvalue weighted by atomic mass is 10.1. The van der Waals surface area contributed by atoms with E-state index in [9.17, 15) is 14.4 Å². The third-order valence-corrected chi connectivity index (χ3v) is 7.85. The fourth-order valence-electron chi connectivity index (χ4n) is 3.89. The molecule has 34 heavy (non-hydrogen) atoms. The molecule has 1 amide bonds. The van der Waals surface area contributed by atoms with Crippen LogP contribution in [0.25, 0.3) is 15.9 Å². The molecule has 0 bridgehead atoms. The highest BCUT2D eigenvalue weighted by Gasteiger charge is 2.25. The Kier molecular flexibility index (Phi) is 6.46. The smallest absolute Gasteiger partial charge is 0.337 e. The number of hydrogen-bond acceptors (Lipinski definition) is 4.